The van der Waals surface area contributed by atoms with Gasteiger partial charge in [-0.2, -0.15) is 0 Å². The summed E-state index contributed by atoms with van der Waals surface area (Å²) in [4.78, 5) is 25.2. The van der Waals surface area contributed by atoms with Gasteiger partial charge in [0.25, 0.3) is 0 Å². The molecule has 0 bridgehead atoms. The van der Waals surface area contributed by atoms with Crippen molar-refractivity contribution in [2.24, 2.45) is 0 Å². The molecule has 1 aliphatic heterocycles. The van der Waals surface area contributed by atoms with Gasteiger partial charge in [0.05, 0.1) is 6.61 Å². The van der Waals surface area contributed by atoms with E-state index < -0.39 is 49.3 Å². The molecule has 0 aromatic rings. The zero-order valence-corrected chi connectivity index (χ0v) is 29.8. The molecule has 1 fully saturated rings. The molecule has 1 unspecified atom stereocenters. The van der Waals surface area contributed by atoms with Crippen molar-refractivity contribution < 1.29 is 39.1 Å². The molecule has 272 valence electrons. The highest BCUT2D eigenvalue weighted by Crippen LogP contribution is 2.26. The number of unbranched alkanes of at least 4 members (excludes halogenated alkanes) is 24. The number of hydrogen-bond donors (Lipinski definition) is 3. The maximum absolute atomic E-state index is 12.6. The fourth-order valence-corrected chi connectivity index (χ4v) is 6.31. The van der Waals surface area contributed by atoms with Crippen LogP contribution in [0.1, 0.15) is 194 Å². The molecule has 8 heteroatoms. The molecule has 1 rings (SSSR count). The summed E-state index contributed by atoms with van der Waals surface area (Å²) in [5.41, 5.74) is 0. The predicted molar refractivity (Wildman–Crippen MR) is 184 cm³/mol. The molecular formula is C38H72O8. The lowest BCUT2D eigenvalue weighted by atomic mass is 9.98. The summed E-state index contributed by atoms with van der Waals surface area (Å²) in [5, 5.41) is 30.8. The number of aliphatic hydroxyl groups is 3. The summed E-state index contributed by atoms with van der Waals surface area (Å²) in [6.45, 7) is 3.92. The maximum atomic E-state index is 12.6. The highest BCUT2D eigenvalue weighted by Gasteiger charge is 2.49. The SMILES string of the molecule is CCCCCCCCCCCCCCCC(=O)O[C@H]1[C@H](O)[C@@H](CO)OC(O)[C@@H]1OC(=O)CCCCCCCCCCCCCCC. The van der Waals surface area contributed by atoms with Crippen molar-refractivity contribution >= 4 is 11.9 Å². The van der Waals surface area contributed by atoms with Gasteiger partial charge < -0.3 is 29.5 Å². The van der Waals surface area contributed by atoms with Crippen LogP contribution in [0.5, 0.6) is 0 Å². The van der Waals surface area contributed by atoms with E-state index >= 15 is 0 Å². The Labute approximate surface area is 281 Å². The molecule has 0 aromatic heterocycles. The molecule has 1 heterocycles. The largest absolute Gasteiger partial charge is 0.455 e. The van der Waals surface area contributed by atoms with Crippen molar-refractivity contribution in [3.05, 3.63) is 0 Å². The van der Waals surface area contributed by atoms with Crippen molar-refractivity contribution in [3.63, 3.8) is 0 Å². The predicted octanol–water partition coefficient (Wildman–Crippen LogP) is 8.84. The van der Waals surface area contributed by atoms with Crippen LogP contribution in [0.3, 0.4) is 0 Å². The van der Waals surface area contributed by atoms with Crippen molar-refractivity contribution in [1.82, 2.24) is 0 Å². The third-order valence-electron chi connectivity index (χ3n) is 9.32. The summed E-state index contributed by atoms with van der Waals surface area (Å²) in [6.07, 6.45) is 24.8. The van der Waals surface area contributed by atoms with Crippen LogP contribution in [-0.2, 0) is 23.8 Å². The van der Waals surface area contributed by atoms with Crippen LogP contribution >= 0.6 is 0 Å². The Morgan fingerprint density at radius 3 is 1.13 bits per heavy atom. The van der Waals surface area contributed by atoms with Crippen LogP contribution in [0.15, 0.2) is 0 Å². The summed E-state index contributed by atoms with van der Waals surface area (Å²) in [5.74, 6) is -1.04. The molecule has 0 amide bonds. The lowest BCUT2D eigenvalue weighted by molar-refractivity contribution is -0.293. The average molecular weight is 657 g/mol. The van der Waals surface area contributed by atoms with Crippen LogP contribution in [0.4, 0.5) is 0 Å². The van der Waals surface area contributed by atoms with Gasteiger partial charge in [0.1, 0.15) is 12.2 Å². The first-order chi connectivity index (χ1) is 22.4. The molecule has 5 atom stereocenters. The van der Waals surface area contributed by atoms with Crippen molar-refractivity contribution in [1.29, 1.82) is 0 Å². The van der Waals surface area contributed by atoms with Crippen LogP contribution < -0.4 is 0 Å². The summed E-state index contributed by atoms with van der Waals surface area (Å²) in [6, 6.07) is 0. The number of hydrogen-bond acceptors (Lipinski definition) is 8. The second kappa shape index (κ2) is 29.9. The first kappa shape index (κ1) is 42.8. The fraction of sp³-hybridized carbons (Fsp3) is 0.947. The third kappa shape index (κ3) is 21.6. The molecule has 0 aliphatic carbocycles. The summed E-state index contributed by atoms with van der Waals surface area (Å²) >= 11 is 0. The summed E-state index contributed by atoms with van der Waals surface area (Å²) in [7, 11) is 0. The Balaban J connectivity index is 2.25. The van der Waals surface area contributed by atoms with Gasteiger partial charge in [-0.05, 0) is 12.8 Å². The Morgan fingerprint density at radius 2 is 0.804 bits per heavy atom. The minimum Gasteiger partial charge on any atom is -0.455 e. The lowest BCUT2D eigenvalue weighted by Gasteiger charge is -2.41. The van der Waals surface area contributed by atoms with Gasteiger partial charge in [-0.3, -0.25) is 9.59 Å². The molecule has 0 radical (unpaired) electrons. The van der Waals surface area contributed by atoms with E-state index in [1.54, 1.807) is 0 Å². The molecule has 0 aromatic carbocycles. The zero-order chi connectivity index (χ0) is 33.7. The summed E-state index contributed by atoms with van der Waals surface area (Å²) < 4.78 is 16.3. The number of aliphatic hydroxyl groups excluding tert-OH is 3. The number of rotatable bonds is 31. The van der Waals surface area contributed by atoms with Crippen molar-refractivity contribution in [2.45, 2.75) is 224 Å². The van der Waals surface area contributed by atoms with Crippen LogP contribution in [0.25, 0.3) is 0 Å². The Hall–Kier alpha value is -1.22. The molecule has 0 spiro atoms. The molecule has 1 aliphatic rings. The van der Waals surface area contributed by atoms with Crippen LogP contribution in [0, 0.1) is 0 Å². The Kier molecular flexibility index (Phi) is 27.8. The number of esters is 2. The van der Waals surface area contributed by atoms with Gasteiger partial charge >= 0.3 is 11.9 Å². The van der Waals surface area contributed by atoms with Crippen molar-refractivity contribution in [3.8, 4) is 0 Å². The molecule has 1 saturated heterocycles. The normalized spacial score (nSPS) is 21.4. The Bertz CT molecular complexity index is 717. The topological polar surface area (TPSA) is 123 Å². The highest BCUT2D eigenvalue weighted by molar-refractivity contribution is 5.70. The third-order valence-corrected chi connectivity index (χ3v) is 9.32. The molecule has 0 saturated carbocycles. The van der Waals surface area contributed by atoms with E-state index in [0.717, 1.165) is 38.5 Å². The van der Waals surface area contributed by atoms with E-state index in [1.807, 2.05) is 0 Å². The second-order valence-electron chi connectivity index (χ2n) is 13.6. The van der Waals surface area contributed by atoms with E-state index in [0.29, 0.717) is 12.8 Å². The van der Waals surface area contributed by atoms with Gasteiger partial charge in [0.15, 0.2) is 18.5 Å². The van der Waals surface area contributed by atoms with Crippen molar-refractivity contribution in [2.75, 3.05) is 6.61 Å². The Morgan fingerprint density at radius 1 is 0.500 bits per heavy atom. The van der Waals surface area contributed by atoms with Gasteiger partial charge in [-0.25, -0.2) is 0 Å². The van der Waals surface area contributed by atoms with Crippen LogP contribution in [-0.4, -0.2) is 64.6 Å². The number of ether oxygens (including phenoxy) is 3. The van der Waals surface area contributed by atoms with Gasteiger partial charge in [0, 0.05) is 12.8 Å². The van der Waals surface area contributed by atoms with Gasteiger partial charge in [-0.15, -0.1) is 0 Å². The smallest absolute Gasteiger partial charge is 0.306 e. The molecule has 8 nitrogen and oxygen atoms in total. The van der Waals surface area contributed by atoms with Gasteiger partial charge in [0.2, 0.25) is 0 Å². The first-order valence-corrected chi connectivity index (χ1v) is 19.5. The van der Waals surface area contributed by atoms with E-state index in [1.165, 1.54) is 116 Å². The van der Waals surface area contributed by atoms with Crippen LogP contribution in [0.2, 0.25) is 0 Å². The fourth-order valence-electron chi connectivity index (χ4n) is 6.31. The monoisotopic (exact) mass is 657 g/mol. The highest BCUT2D eigenvalue weighted by atomic mass is 16.7. The standard InChI is InChI=1S/C38H72O8/c1-3-5-7-9-11-13-15-17-19-21-23-25-27-29-33(40)45-36-35(42)32(31-39)44-38(43)37(36)46-34(41)30-28-26-24-22-20-18-16-14-12-10-8-6-4-2/h32,35-39,42-43H,3-31H2,1-2H3/t32-,35-,36+,37-,38?/m1/s1. The van der Waals surface area contributed by atoms with E-state index in [-0.39, 0.29) is 12.8 Å². The van der Waals surface area contributed by atoms with Gasteiger partial charge in [-0.1, -0.05) is 168 Å². The van der Waals surface area contributed by atoms with E-state index in [9.17, 15) is 24.9 Å². The van der Waals surface area contributed by atoms with E-state index in [2.05, 4.69) is 13.8 Å². The second-order valence-corrected chi connectivity index (χ2v) is 13.6. The lowest BCUT2D eigenvalue weighted by Crippen LogP contribution is -2.61. The molecular weight excluding hydrogens is 584 g/mol. The average Bonchev–Trinajstić information content (AvgIpc) is 3.04. The molecule has 3 N–H and O–H groups in total. The maximum Gasteiger partial charge on any atom is 0.306 e. The number of carbonyl (C=O) groups excluding carboxylic acids is 2. The van der Waals surface area contributed by atoms with E-state index in [4.69, 9.17) is 14.2 Å². The molecule has 46 heavy (non-hydrogen) atoms. The number of carbonyl (C=O) groups is 2. The minimum atomic E-state index is -1.61. The first-order valence-electron chi connectivity index (χ1n) is 19.5. The zero-order valence-electron chi connectivity index (χ0n) is 29.8. The minimum absolute atomic E-state index is 0.181. The quantitative estimate of drug-likeness (QED) is 0.0500.